The molecule has 0 fully saturated rings. The van der Waals surface area contributed by atoms with E-state index in [1.165, 1.54) is 0 Å². The summed E-state index contributed by atoms with van der Waals surface area (Å²) >= 11 is 5.78. The zero-order valence-corrected chi connectivity index (χ0v) is 10.4. The molecule has 0 aliphatic heterocycles. The third kappa shape index (κ3) is 2.76. The number of hydrogen-bond acceptors (Lipinski definition) is 2. The first-order valence-corrected chi connectivity index (χ1v) is 5.73. The molecule has 1 heterocycles. The molecule has 1 aromatic heterocycles. The van der Waals surface area contributed by atoms with Crippen LogP contribution in [0.3, 0.4) is 0 Å². The second-order valence-corrected chi connectivity index (χ2v) is 4.31. The van der Waals surface area contributed by atoms with E-state index in [2.05, 4.69) is 10.3 Å². The number of nitrogens with one attached hydrogen (secondary N) is 1. The van der Waals surface area contributed by atoms with E-state index in [1.54, 1.807) is 12.4 Å². The highest BCUT2D eigenvalue weighted by molar-refractivity contribution is 6.33. The Morgan fingerprint density at radius 3 is 2.78 bits per heavy atom. The van der Waals surface area contributed by atoms with Crippen LogP contribution in [0.4, 0.5) is 14.5 Å². The number of rotatable bonds is 3. The zero-order valence-electron chi connectivity index (χ0n) is 9.67. The summed E-state index contributed by atoms with van der Waals surface area (Å²) in [5, 5.41) is 2.87. The van der Waals surface area contributed by atoms with Crippen LogP contribution in [0.25, 0.3) is 0 Å². The van der Waals surface area contributed by atoms with Gasteiger partial charge in [-0.05, 0) is 30.2 Å². The number of anilines is 1. The van der Waals surface area contributed by atoms with Gasteiger partial charge >= 0.3 is 0 Å². The fourth-order valence-corrected chi connectivity index (χ4v) is 1.84. The van der Waals surface area contributed by atoms with E-state index in [9.17, 15) is 8.78 Å². The van der Waals surface area contributed by atoms with Gasteiger partial charge in [-0.1, -0.05) is 11.6 Å². The van der Waals surface area contributed by atoms with Crippen molar-refractivity contribution < 1.29 is 8.78 Å². The molecule has 1 N–H and O–H groups in total. The minimum Gasteiger partial charge on any atom is -0.377 e. The Hall–Kier alpha value is -1.68. The van der Waals surface area contributed by atoms with Gasteiger partial charge in [0, 0.05) is 25.0 Å². The van der Waals surface area contributed by atoms with Crippen molar-refractivity contribution in [3.05, 3.63) is 58.4 Å². The standard InChI is InChI=1S/C13H11ClF2N2/c1-8-2-3-17-6-9(8)7-18-13-11(14)4-10(15)5-12(13)16/h2-6,18H,7H2,1H3. The predicted molar refractivity (Wildman–Crippen MR) is 67.7 cm³/mol. The molecule has 2 aromatic rings. The Kier molecular flexibility index (Phi) is 3.77. The largest absolute Gasteiger partial charge is 0.377 e. The van der Waals surface area contributed by atoms with Crippen molar-refractivity contribution >= 4 is 17.3 Å². The summed E-state index contributed by atoms with van der Waals surface area (Å²) < 4.78 is 26.4. The van der Waals surface area contributed by atoms with Crippen molar-refractivity contribution in [3.8, 4) is 0 Å². The van der Waals surface area contributed by atoms with Crippen molar-refractivity contribution in [1.82, 2.24) is 4.98 Å². The van der Waals surface area contributed by atoms with Gasteiger partial charge in [-0.15, -0.1) is 0 Å². The highest BCUT2D eigenvalue weighted by Gasteiger charge is 2.10. The van der Waals surface area contributed by atoms with Gasteiger partial charge in [0.2, 0.25) is 0 Å². The van der Waals surface area contributed by atoms with Gasteiger partial charge in [0.15, 0.2) is 5.82 Å². The minimum absolute atomic E-state index is 0.0223. The highest BCUT2D eigenvalue weighted by Crippen LogP contribution is 2.26. The van der Waals surface area contributed by atoms with Crippen molar-refractivity contribution in [1.29, 1.82) is 0 Å². The number of benzene rings is 1. The molecule has 0 bridgehead atoms. The maximum absolute atomic E-state index is 13.5. The summed E-state index contributed by atoms with van der Waals surface area (Å²) in [5.41, 5.74) is 2.06. The Bertz CT molecular complexity index is 550. The molecular formula is C13H11ClF2N2. The quantitative estimate of drug-likeness (QED) is 0.912. The molecule has 0 saturated heterocycles. The second-order valence-electron chi connectivity index (χ2n) is 3.90. The van der Waals surface area contributed by atoms with Crippen LogP contribution in [0.2, 0.25) is 5.02 Å². The highest BCUT2D eigenvalue weighted by atomic mass is 35.5. The van der Waals surface area contributed by atoms with Crippen LogP contribution in [0.15, 0.2) is 30.6 Å². The van der Waals surface area contributed by atoms with E-state index in [0.717, 1.165) is 23.3 Å². The van der Waals surface area contributed by atoms with Crippen molar-refractivity contribution in [2.24, 2.45) is 0 Å². The summed E-state index contributed by atoms with van der Waals surface area (Å²) in [6.45, 7) is 2.31. The van der Waals surface area contributed by atoms with E-state index >= 15 is 0 Å². The molecule has 5 heteroatoms. The molecule has 2 nitrogen and oxygen atoms in total. The summed E-state index contributed by atoms with van der Waals surface area (Å²) in [4.78, 5) is 3.99. The summed E-state index contributed by atoms with van der Waals surface area (Å²) in [6, 6.07) is 3.73. The van der Waals surface area contributed by atoms with Gasteiger partial charge in [-0.3, -0.25) is 4.98 Å². The van der Waals surface area contributed by atoms with E-state index in [0.29, 0.717) is 6.54 Å². The second kappa shape index (κ2) is 5.31. The van der Waals surface area contributed by atoms with Crippen LogP contribution in [0.1, 0.15) is 11.1 Å². The molecule has 0 saturated carbocycles. The average Bonchev–Trinajstić information content (AvgIpc) is 2.30. The normalized spacial score (nSPS) is 10.4. The van der Waals surface area contributed by atoms with Crippen LogP contribution in [0.5, 0.6) is 0 Å². The van der Waals surface area contributed by atoms with E-state index < -0.39 is 11.6 Å². The Morgan fingerprint density at radius 1 is 1.33 bits per heavy atom. The molecule has 1 aromatic carbocycles. The van der Waals surface area contributed by atoms with E-state index in [1.807, 2.05) is 13.0 Å². The molecule has 0 aliphatic carbocycles. The van der Waals surface area contributed by atoms with Crippen molar-refractivity contribution in [2.75, 3.05) is 5.32 Å². The first kappa shape index (κ1) is 12.8. The van der Waals surface area contributed by atoms with E-state index in [-0.39, 0.29) is 10.7 Å². The van der Waals surface area contributed by atoms with Gasteiger partial charge in [0.25, 0.3) is 0 Å². The molecule has 94 valence electrons. The average molecular weight is 269 g/mol. The van der Waals surface area contributed by atoms with Crippen molar-refractivity contribution in [3.63, 3.8) is 0 Å². The number of nitrogens with zero attached hydrogens (tertiary/aromatic N) is 1. The molecule has 0 amide bonds. The SMILES string of the molecule is Cc1ccncc1CNc1c(F)cc(F)cc1Cl. The number of halogens is 3. The lowest BCUT2D eigenvalue weighted by atomic mass is 10.1. The van der Waals surface area contributed by atoms with Crippen LogP contribution in [0, 0.1) is 18.6 Å². The molecule has 0 spiro atoms. The molecule has 2 rings (SSSR count). The first-order valence-electron chi connectivity index (χ1n) is 5.36. The van der Waals surface area contributed by atoms with Crippen LogP contribution >= 0.6 is 11.6 Å². The van der Waals surface area contributed by atoms with Crippen LogP contribution in [-0.2, 0) is 6.54 Å². The van der Waals surface area contributed by atoms with Crippen molar-refractivity contribution in [2.45, 2.75) is 13.5 Å². The van der Waals surface area contributed by atoms with Crippen LogP contribution < -0.4 is 5.32 Å². The monoisotopic (exact) mass is 268 g/mol. The fourth-order valence-electron chi connectivity index (χ4n) is 1.58. The number of hydrogen-bond donors (Lipinski definition) is 1. The third-order valence-electron chi connectivity index (χ3n) is 2.61. The van der Waals surface area contributed by atoms with E-state index in [4.69, 9.17) is 11.6 Å². The third-order valence-corrected chi connectivity index (χ3v) is 2.91. The fraction of sp³-hybridized carbons (Fsp3) is 0.154. The Labute approximate surface area is 109 Å². The Morgan fingerprint density at radius 2 is 2.11 bits per heavy atom. The molecule has 0 atom stereocenters. The first-order chi connectivity index (χ1) is 8.58. The molecule has 0 radical (unpaired) electrons. The predicted octanol–water partition coefficient (Wildman–Crippen LogP) is 3.93. The van der Waals surface area contributed by atoms with Gasteiger partial charge in [-0.25, -0.2) is 8.78 Å². The van der Waals surface area contributed by atoms with Gasteiger partial charge in [0.1, 0.15) is 5.82 Å². The molecular weight excluding hydrogens is 258 g/mol. The molecule has 0 unspecified atom stereocenters. The summed E-state index contributed by atoms with van der Waals surface area (Å²) in [7, 11) is 0. The number of pyridine rings is 1. The smallest absolute Gasteiger partial charge is 0.150 e. The lowest BCUT2D eigenvalue weighted by Gasteiger charge is -2.11. The number of aryl methyl sites for hydroxylation is 1. The molecule has 0 aliphatic rings. The maximum atomic E-state index is 13.5. The lowest BCUT2D eigenvalue weighted by molar-refractivity contribution is 0.585. The Balaban J connectivity index is 2.19. The van der Waals surface area contributed by atoms with Gasteiger partial charge < -0.3 is 5.32 Å². The number of aromatic nitrogens is 1. The summed E-state index contributed by atoms with van der Waals surface area (Å²) in [5.74, 6) is -1.40. The zero-order chi connectivity index (χ0) is 13.1. The molecule has 18 heavy (non-hydrogen) atoms. The van der Waals surface area contributed by atoms with Crippen LogP contribution in [-0.4, -0.2) is 4.98 Å². The summed E-state index contributed by atoms with van der Waals surface area (Å²) in [6.07, 6.45) is 3.38. The maximum Gasteiger partial charge on any atom is 0.150 e. The van der Waals surface area contributed by atoms with Gasteiger partial charge in [0.05, 0.1) is 10.7 Å². The van der Waals surface area contributed by atoms with Gasteiger partial charge in [-0.2, -0.15) is 0 Å². The topological polar surface area (TPSA) is 24.9 Å². The minimum atomic E-state index is -0.707. The lowest BCUT2D eigenvalue weighted by Crippen LogP contribution is -2.04.